The Morgan fingerprint density at radius 3 is 2.38 bits per heavy atom. The van der Waals surface area contributed by atoms with Crippen LogP contribution < -0.4 is 20.9 Å². The van der Waals surface area contributed by atoms with E-state index >= 15 is 0 Å². The number of aromatic nitrogens is 1. The molecule has 1 aliphatic heterocycles. The Morgan fingerprint density at radius 2 is 1.72 bits per heavy atom. The molecule has 0 atom stereocenters. The van der Waals surface area contributed by atoms with Crippen LogP contribution in [-0.4, -0.2) is 43.2 Å². The molecule has 8 heteroatoms. The number of amides is 3. The highest BCUT2D eigenvalue weighted by Crippen LogP contribution is 2.18. The topological polar surface area (TPSA) is 95.6 Å². The molecule has 1 aromatic heterocycles. The number of benzene rings is 1. The minimum absolute atomic E-state index is 0.0454. The normalized spacial score (nSPS) is 13.8. The second kappa shape index (κ2) is 9.88. The molecule has 3 amide bonds. The first kappa shape index (κ1) is 20.6. The van der Waals surface area contributed by atoms with E-state index in [9.17, 15) is 9.59 Å². The number of hydrogen-bond donors (Lipinski definition) is 3. The van der Waals surface area contributed by atoms with Gasteiger partial charge in [0.15, 0.2) is 0 Å². The molecule has 0 saturated carbocycles. The summed E-state index contributed by atoms with van der Waals surface area (Å²) in [4.78, 5) is 30.7. The summed E-state index contributed by atoms with van der Waals surface area (Å²) in [5, 5.41) is 8.49. The Bertz CT molecular complexity index is 832. The van der Waals surface area contributed by atoms with E-state index in [-0.39, 0.29) is 17.9 Å². The largest absolute Gasteiger partial charge is 0.378 e. The van der Waals surface area contributed by atoms with Crippen molar-refractivity contribution in [2.45, 2.75) is 20.4 Å². The Morgan fingerprint density at radius 1 is 1.07 bits per heavy atom. The van der Waals surface area contributed by atoms with E-state index in [1.54, 1.807) is 30.5 Å². The zero-order chi connectivity index (χ0) is 20.6. The number of anilines is 3. The third-order valence-corrected chi connectivity index (χ3v) is 4.55. The van der Waals surface area contributed by atoms with Crippen LogP contribution in [0.25, 0.3) is 0 Å². The number of nitrogens with one attached hydrogen (secondary N) is 3. The third-order valence-electron chi connectivity index (χ3n) is 4.55. The van der Waals surface area contributed by atoms with Crippen LogP contribution in [0.1, 0.15) is 19.4 Å². The molecule has 0 spiro atoms. The van der Waals surface area contributed by atoms with Crippen LogP contribution in [0.4, 0.5) is 22.0 Å². The summed E-state index contributed by atoms with van der Waals surface area (Å²) in [7, 11) is 0. The average molecular weight is 397 g/mol. The summed E-state index contributed by atoms with van der Waals surface area (Å²) in [5.74, 6) is 0.741. The molecule has 1 aromatic carbocycles. The molecule has 0 radical (unpaired) electrons. The zero-order valence-electron chi connectivity index (χ0n) is 16.8. The lowest BCUT2D eigenvalue weighted by Gasteiger charge is -2.29. The molecule has 2 heterocycles. The lowest BCUT2D eigenvalue weighted by Crippen LogP contribution is -2.38. The first-order valence-corrected chi connectivity index (χ1v) is 9.75. The molecule has 29 heavy (non-hydrogen) atoms. The van der Waals surface area contributed by atoms with E-state index in [4.69, 9.17) is 4.74 Å². The van der Waals surface area contributed by atoms with Crippen molar-refractivity contribution in [3.63, 3.8) is 0 Å². The molecular formula is C21H27N5O3. The highest BCUT2D eigenvalue weighted by molar-refractivity contribution is 5.93. The number of nitrogens with zero attached hydrogens (tertiary/aromatic N) is 2. The van der Waals surface area contributed by atoms with Gasteiger partial charge in [-0.25, -0.2) is 9.78 Å². The molecule has 0 unspecified atom stereocenters. The van der Waals surface area contributed by atoms with E-state index in [1.165, 1.54) is 0 Å². The monoisotopic (exact) mass is 397 g/mol. The van der Waals surface area contributed by atoms with Crippen molar-refractivity contribution in [3.8, 4) is 0 Å². The molecule has 0 bridgehead atoms. The van der Waals surface area contributed by atoms with Gasteiger partial charge < -0.3 is 25.6 Å². The summed E-state index contributed by atoms with van der Waals surface area (Å²) in [6, 6.07) is 10.5. The van der Waals surface area contributed by atoms with Crippen LogP contribution in [0.5, 0.6) is 0 Å². The molecule has 154 valence electrons. The lowest BCUT2D eigenvalue weighted by atomic mass is 10.2. The first-order chi connectivity index (χ1) is 14.0. The number of ether oxygens (including phenoxy) is 1. The molecule has 1 saturated heterocycles. The molecule has 3 rings (SSSR count). The molecule has 0 aliphatic carbocycles. The number of urea groups is 1. The number of hydrogen-bond acceptors (Lipinski definition) is 5. The summed E-state index contributed by atoms with van der Waals surface area (Å²) < 4.78 is 5.39. The standard InChI is InChI=1S/C21H27N5O3/c1-15(2)20(27)24-17-5-7-18(8-6-17)25-21(28)23-14-16-4-3-9-22-19(16)26-10-12-29-13-11-26/h3-9,15H,10-14H2,1-2H3,(H,24,27)(H2,23,25,28). The second-order valence-corrected chi connectivity index (χ2v) is 7.11. The Hall–Kier alpha value is -3.13. The van der Waals surface area contributed by atoms with Crippen molar-refractivity contribution in [2.75, 3.05) is 41.8 Å². The average Bonchev–Trinajstić information content (AvgIpc) is 2.74. The molecule has 8 nitrogen and oxygen atoms in total. The number of carbonyl (C=O) groups excluding carboxylic acids is 2. The SMILES string of the molecule is CC(C)C(=O)Nc1ccc(NC(=O)NCc2cccnc2N2CCOCC2)cc1. The van der Waals surface area contributed by atoms with E-state index in [0.717, 1.165) is 24.5 Å². The van der Waals surface area contributed by atoms with Gasteiger partial charge in [-0.2, -0.15) is 0 Å². The van der Waals surface area contributed by atoms with E-state index in [2.05, 4.69) is 25.8 Å². The molecule has 2 aromatic rings. The van der Waals surface area contributed by atoms with Crippen molar-refractivity contribution >= 4 is 29.1 Å². The number of rotatable bonds is 6. The highest BCUT2D eigenvalue weighted by Gasteiger charge is 2.16. The van der Waals surface area contributed by atoms with Crippen molar-refractivity contribution in [2.24, 2.45) is 5.92 Å². The number of morpholine rings is 1. The number of carbonyl (C=O) groups is 2. The fraction of sp³-hybridized carbons (Fsp3) is 0.381. The fourth-order valence-corrected chi connectivity index (χ4v) is 2.90. The van der Waals surface area contributed by atoms with E-state index < -0.39 is 0 Å². The minimum Gasteiger partial charge on any atom is -0.378 e. The quantitative estimate of drug-likeness (QED) is 0.697. The van der Waals surface area contributed by atoms with Crippen LogP contribution in [0.2, 0.25) is 0 Å². The van der Waals surface area contributed by atoms with Crippen molar-refractivity contribution in [1.82, 2.24) is 10.3 Å². The highest BCUT2D eigenvalue weighted by atomic mass is 16.5. The van der Waals surface area contributed by atoms with Gasteiger partial charge in [0.25, 0.3) is 0 Å². The van der Waals surface area contributed by atoms with Crippen LogP contribution >= 0.6 is 0 Å². The van der Waals surface area contributed by atoms with Gasteiger partial charge >= 0.3 is 6.03 Å². The van der Waals surface area contributed by atoms with Crippen molar-refractivity contribution in [1.29, 1.82) is 0 Å². The molecule has 3 N–H and O–H groups in total. The first-order valence-electron chi connectivity index (χ1n) is 9.75. The maximum Gasteiger partial charge on any atom is 0.319 e. The zero-order valence-corrected chi connectivity index (χ0v) is 16.8. The van der Waals surface area contributed by atoms with Gasteiger partial charge in [-0.05, 0) is 30.3 Å². The van der Waals surface area contributed by atoms with E-state index in [1.807, 2.05) is 26.0 Å². The smallest absolute Gasteiger partial charge is 0.319 e. The maximum atomic E-state index is 12.3. The van der Waals surface area contributed by atoms with Gasteiger partial charge in [0.1, 0.15) is 5.82 Å². The van der Waals surface area contributed by atoms with Gasteiger partial charge in [-0.15, -0.1) is 0 Å². The maximum absolute atomic E-state index is 12.3. The van der Waals surface area contributed by atoms with Gasteiger partial charge in [0.05, 0.1) is 13.2 Å². The molecular weight excluding hydrogens is 370 g/mol. The Labute approximate surface area is 170 Å². The van der Waals surface area contributed by atoms with Crippen LogP contribution in [0.3, 0.4) is 0 Å². The van der Waals surface area contributed by atoms with Gasteiger partial charge in [-0.3, -0.25) is 4.79 Å². The predicted molar refractivity (Wildman–Crippen MR) is 113 cm³/mol. The van der Waals surface area contributed by atoms with Gasteiger partial charge in [0.2, 0.25) is 5.91 Å². The summed E-state index contributed by atoms with van der Waals surface area (Å²) in [6.45, 7) is 6.97. The van der Waals surface area contributed by atoms with Gasteiger partial charge in [0, 0.05) is 48.7 Å². The Balaban J connectivity index is 1.53. The lowest BCUT2D eigenvalue weighted by molar-refractivity contribution is -0.118. The summed E-state index contributed by atoms with van der Waals surface area (Å²) in [6.07, 6.45) is 1.76. The van der Waals surface area contributed by atoms with Crippen molar-refractivity contribution in [3.05, 3.63) is 48.2 Å². The third kappa shape index (κ3) is 5.92. The minimum atomic E-state index is -0.305. The summed E-state index contributed by atoms with van der Waals surface area (Å²) >= 11 is 0. The van der Waals surface area contributed by atoms with Crippen LogP contribution in [-0.2, 0) is 16.1 Å². The second-order valence-electron chi connectivity index (χ2n) is 7.11. The molecule has 1 fully saturated rings. The number of pyridine rings is 1. The van der Waals surface area contributed by atoms with E-state index in [0.29, 0.717) is 31.1 Å². The Kier molecular flexibility index (Phi) is 7.02. The summed E-state index contributed by atoms with van der Waals surface area (Å²) in [5.41, 5.74) is 2.29. The van der Waals surface area contributed by atoms with Crippen LogP contribution in [0.15, 0.2) is 42.6 Å². The predicted octanol–water partition coefficient (Wildman–Crippen LogP) is 2.83. The van der Waals surface area contributed by atoms with Gasteiger partial charge in [-0.1, -0.05) is 19.9 Å². The molecule has 1 aliphatic rings. The van der Waals surface area contributed by atoms with Crippen molar-refractivity contribution < 1.29 is 14.3 Å². The van der Waals surface area contributed by atoms with Crippen LogP contribution in [0, 0.1) is 5.92 Å². The fourth-order valence-electron chi connectivity index (χ4n) is 2.90.